The fraction of sp³-hybridized carbons (Fsp3) is 0.375. The highest BCUT2D eigenvalue weighted by atomic mass is 35.5. The first-order valence-electron chi connectivity index (χ1n) is 7.26. The van der Waals surface area contributed by atoms with Gasteiger partial charge in [0, 0.05) is 29.7 Å². The fourth-order valence-corrected chi connectivity index (χ4v) is 3.78. The van der Waals surface area contributed by atoms with Crippen LogP contribution < -0.4 is 10.6 Å². The summed E-state index contributed by atoms with van der Waals surface area (Å²) in [5.74, 6) is 0. The molecule has 5 nitrogen and oxygen atoms in total. The lowest BCUT2D eigenvalue weighted by Crippen LogP contribution is -2.32. The lowest BCUT2D eigenvalue weighted by atomic mass is 10.1. The number of carbonyl (C=O) groups excluding carboxylic acids is 1. The van der Waals surface area contributed by atoms with Crippen molar-refractivity contribution in [3.8, 4) is 10.4 Å². The molecule has 1 aliphatic heterocycles. The van der Waals surface area contributed by atoms with Gasteiger partial charge in [-0.25, -0.2) is 4.98 Å². The second-order valence-electron chi connectivity index (χ2n) is 5.32. The first kappa shape index (κ1) is 17.7. The van der Waals surface area contributed by atoms with Gasteiger partial charge in [0.15, 0.2) is 5.13 Å². The van der Waals surface area contributed by atoms with Crippen LogP contribution in [0.4, 0.5) is 5.13 Å². The highest BCUT2D eigenvalue weighted by Crippen LogP contribution is 2.37. The van der Waals surface area contributed by atoms with E-state index in [-0.39, 0.29) is 0 Å². The number of halogens is 1. The number of carbonyl (C=O) groups is 1. The predicted molar refractivity (Wildman–Crippen MR) is 95.1 cm³/mol. The summed E-state index contributed by atoms with van der Waals surface area (Å²) in [6.45, 7) is 3.98. The topological polar surface area (TPSA) is 68.5 Å². The monoisotopic (exact) mass is 353 g/mol. The van der Waals surface area contributed by atoms with Gasteiger partial charge in [-0.3, -0.25) is 4.79 Å². The van der Waals surface area contributed by atoms with Gasteiger partial charge in [-0.2, -0.15) is 0 Å². The van der Waals surface area contributed by atoms with Gasteiger partial charge >= 0.3 is 0 Å². The summed E-state index contributed by atoms with van der Waals surface area (Å²) in [6, 6.07) is 7.74. The molecule has 1 saturated heterocycles. The van der Waals surface area contributed by atoms with Crippen LogP contribution in [-0.2, 0) is 9.53 Å². The summed E-state index contributed by atoms with van der Waals surface area (Å²) >= 11 is 7.82. The molecule has 1 aliphatic rings. The smallest absolute Gasteiger partial charge is 0.293 e. The zero-order valence-electron chi connectivity index (χ0n) is 13.2. The van der Waals surface area contributed by atoms with E-state index in [0.717, 1.165) is 33.6 Å². The Kier molecular flexibility index (Phi) is 5.98. The third kappa shape index (κ3) is 4.02. The van der Waals surface area contributed by atoms with Crippen molar-refractivity contribution >= 4 is 34.5 Å². The zero-order chi connectivity index (χ0) is 16.9. The summed E-state index contributed by atoms with van der Waals surface area (Å²) in [5, 5.41) is 1.66. The Labute approximate surface area is 145 Å². The summed E-state index contributed by atoms with van der Waals surface area (Å²) in [7, 11) is 1.50. The van der Waals surface area contributed by atoms with E-state index >= 15 is 0 Å². The Balaban J connectivity index is 0.000000924. The Morgan fingerprint density at radius 1 is 1.43 bits per heavy atom. The number of aromatic nitrogens is 1. The molecule has 2 N–H and O–H groups in total. The third-order valence-corrected chi connectivity index (χ3v) is 5.09. The Hall–Kier alpha value is -1.63. The number of nitrogens with two attached hydrogens (primary N) is 1. The Morgan fingerprint density at radius 3 is 2.87 bits per heavy atom. The van der Waals surface area contributed by atoms with Crippen LogP contribution in [0.5, 0.6) is 0 Å². The zero-order valence-corrected chi connectivity index (χ0v) is 14.7. The second-order valence-corrected chi connectivity index (χ2v) is 6.74. The van der Waals surface area contributed by atoms with E-state index in [1.54, 1.807) is 11.3 Å². The summed E-state index contributed by atoms with van der Waals surface area (Å²) in [6.07, 6.45) is 2.66. The molecule has 1 atom stereocenters. The Morgan fingerprint density at radius 2 is 2.17 bits per heavy atom. The van der Waals surface area contributed by atoms with Gasteiger partial charge in [0.05, 0.1) is 11.4 Å². The van der Waals surface area contributed by atoms with Gasteiger partial charge in [0.1, 0.15) is 5.60 Å². The van der Waals surface area contributed by atoms with Crippen molar-refractivity contribution in [2.75, 3.05) is 25.0 Å². The number of benzene rings is 1. The molecule has 23 heavy (non-hydrogen) atoms. The molecule has 124 valence electrons. The molecule has 7 heteroatoms. The first-order valence-corrected chi connectivity index (χ1v) is 8.46. The van der Waals surface area contributed by atoms with E-state index in [2.05, 4.69) is 15.6 Å². The van der Waals surface area contributed by atoms with E-state index < -0.39 is 5.60 Å². The molecule has 2 heterocycles. The number of ether oxygens (including phenoxy) is 1. The minimum Gasteiger partial charge on any atom is -0.460 e. The lowest BCUT2D eigenvalue weighted by Gasteiger charge is -2.22. The molecule has 1 aromatic heterocycles. The van der Waals surface area contributed by atoms with Crippen molar-refractivity contribution in [1.29, 1.82) is 0 Å². The molecule has 1 unspecified atom stereocenters. The summed E-state index contributed by atoms with van der Waals surface area (Å²) in [5.41, 5.74) is 5.08. The van der Waals surface area contributed by atoms with Crippen molar-refractivity contribution in [2.45, 2.75) is 18.9 Å². The van der Waals surface area contributed by atoms with Gasteiger partial charge in [-0.15, -0.1) is 0 Å². The van der Waals surface area contributed by atoms with Gasteiger partial charge < -0.3 is 15.4 Å². The van der Waals surface area contributed by atoms with Crippen LogP contribution in [0.25, 0.3) is 10.4 Å². The van der Waals surface area contributed by atoms with Crippen LogP contribution in [0.1, 0.15) is 13.3 Å². The lowest BCUT2D eigenvalue weighted by molar-refractivity contribution is -0.139. The molecule has 0 aliphatic carbocycles. The summed E-state index contributed by atoms with van der Waals surface area (Å²) < 4.78 is 5.19. The molecule has 0 bridgehead atoms. The summed E-state index contributed by atoms with van der Waals surface area (Å²) in [4.78, 5) is 18.2. The third-order valence-electron chi connectivity index (χ3n) is 3.67. The van der Waals surface area contributed by atoms with Gasteiger partial charge in [0.2, 0.25) is 0 Å². The van der Waals surface area contributed by atoms with Crippen molar-refractivity contribution in [1.82, 2.24) is 4.98 Å². The highest BCUT2D eigenvalue weighted by Gasteiger charge is 2.36. The first-order chi connectivity index (χ1) is 11.1. The van der Waals surface area contributed by atoms with Gasteiger partial charge in [-0.1, -0.05) is 41.1 Å². The van der Waals surface area contributed by atoms with Crippen molar-refractivity contribution in [3.05, 3.63) is 35.5 Å². The average Bonchev–Trinajstić information content (AvgIpc) is 3.17. The number of anilines is 1. The Bertz CT molecular complexity index is 664. The molecule has 0 radical (unpaired) electrons. The van der Waals surface area contributed by atoms with Crippen LogP contribution in [0.3, 0.4) is 0 Å². The van der Waals surface area contributed by atoms with Crippen LogP contribution in [0.2, 0.25) is 5.02 Å². The van der Waals surface area contributed by atoms with E-state index in [0.29, 0.717) is 13.0 Å². The molecule has 0 spiro atoms. The van der Waals surface area contributed by atoms with E-state index in [4.69, 9.17) is 16.3 Å². The molecule has 0 saturated carbocycles. The quantitative estimate of drug-likeness (QED) is 0.855. The molecular formula is C16H20ClN3O2S. The SMILES string of the molecule is CC1(OC=O)CCN(c2ncc(-c3ccccc3Cl)s2)C1.CN. The normalized spacial score (nSPS) is 19.9. The molecule has 2 aromatic rings. The van der Waals surface area contributed by atoms with Crippen molar-refractivity contribution < 1.29 is 9.53 Å². The van der Waals surface area contributed by atoms with E-state index in [1.807, 2.05) is 37.4 Å². The minimum atomic E-state index is -0.419. The van der Waals surface area contributed by atoms with Crippen LogP contribution in [0.15, 0.2) is 30.5 Å². The van der Waals surface area contributed by atoms with Crippen LogP contribution >= 0.6 is 22.9 Å². The molecule has 0 amide bonds. The fourth-order valence-electron chi connectivity index (χ4n) is 2.51. The van der Waals surface area contributed by atoms with Gasteiger partial charge in [0.25, 0.3) is 6.47 Å². The maximum atomic E-state index is 10.6. The molecular weight excluding hydrogens is 334 g/mol. The number of hydrogen-bond donors (Lipinski definition) is 1. The average molecular weight is 354 g/mol. The molecule has 1 fully saturated rings. The second kappa shape index (κ2) is 7.77. The highest BCUT2D eigenvalue weighted by molar-refractivity contribution is 7.19. The maximum Gasteiger partial charge on any atom is 0.293 e. The number of rotatable bonds is 4. The maximum absolute atomic E-state index is 10.6. The van der Waals surface area contributed by atoms with Crippen molar-refractivity contribution in [3.63, 3.8) is 0 Å². The standard InChI is InChI=1S/C15H15ClN2O2S.CH5N/c1-15(20-10-19)6-7-18(9-15)14-17-8-13(21-14)11-4-2-3-5-12(11)16;1-2/h2-5,8,10H,6-7,9H2,1H3;2H2,1H3. The number of hydrogen-bond acceptors (Lipinski definition) is 6. The molecule has 1 aromatic carbocycles. The van der Waals surface area contributed by atoms with Crippen molar-refractivity contribution in [2.24, 2.45) is 5.73 Å². The molecule has 3 rings (SSSR count). The van der Waals surface area contributed by atoms with Crippen LogP contribution in [-0.4, -0.2) is 37.2 Å². The largest absolute Gasteiger partial charge is 0.460 e. The number of nitrogens with zero attached hydrogens (tertiary/aromatic N) is 2. The number of thiazole rings is 1. The van der Waals surface area contributed by atoms with E-state index in [9.17, 15) is 4.79 Å². The minimum absolute atomic E-state index is 0.419. The predicted octanol–water partition coefficient (Wildman–Crippen LogP) is 3.18. The van der Waals surface area contributed by atoms with Crippen LogP contribution in [0, 0.1) is 0 Å². The van der Waals surface area contributed by atoms with E-state index in [1.165, 1.54) is 7.05 Å². The van der Waals surface area contributed by atoms with Gasteiger partial charge in [-0.05, 0) is 20.0 Å².